The normalized spacial score (nSPS) is 10.4. The van der Waals surface area contributed by atoms with Crippen LogP contribution >= 0.6 is 11.6 Å². The maximum atomic E-state index is 12.3. The lowest BCUT2D eigenvalue weighted by Crippen LogP contribution is -2.36. The van der Waals surface area contributed by atoms with Crippen LogP contribution in [0.25, 0.3) is 0 Å². The number of carbonyl (C=O) groups excluding carboxylic acids is 2. The predicted octanol–water partition coefficient (Wildman–Crippen LogP) is 4.53. The third-order valence-corrected chi connectivity index (χ3v) is 4.48. The van der Waals surface area contributed by atoms with Crippen molar-refractivity contribution in [1.82, 2.24) is 10.2 Å². The van der Waals surface area contributed by atoms with E-state index in [1.165, 1.54) is 6.26 Å². The van der Waals surface area contributed by atoms with Gasteiger partial charge in [0.25, 0.3) is 5.91 Å². The van der Waals surface area contributed by atoms with Gasteiger partial charge in [0.2, 0.25) is 0 Å². The molecule has 0 saturated carbocycles. The van der Waals surface area contributed by atoms with E-state index in [1.54, 1.807) is 42.3 Å². The molecular weight excluding hydrogens is 378 g/mol. The summed E-state index contributed by atoms with van der Waals surface area (Å²) in [5, 5.41) is 6.24. The third kappa shape index (κ3) is 5.14. The molecule has 1 aromatic heterocycles. The van der Waals surface area contributed by atoms with Crippen molar-refractivity contribution >= 4 is 29.2 Å². The number of anilines is 1. The molecule has 0 spiro atoms. The largest absolute Gasteiger partial charge is 0.459 e. The fraction of sp³-hybridized carbons (Fsp3) is 0.143. The van der Waals surface area contributed by atoms with E-state index in [0.717, 1.165) is 11.1 Å². The average molecular weight is 398 g/mol. The minimum Gasteiger partial charge on any atom is -0.459 e. The van der Waals surface area contributed by atoms with Crippen LogP contribution in [0.1, 0.15) is 21.7 Å². The summed E-state index contributed by atoms with van der Waals surface area (Å²) in [4.78, 5) is 25.8. The quantitative estimate of drug-likeness (QED) is 0.641. The lowest BCUT2D eigenvalue weighted by Gasteiger charge is -2.19. The minimum absolute atomic E-state index is 0.199. The van der Waals surface area contributed by atoms with Crippen molar-refractivity contribution in [1.29, 1.82) is 0 Å². The number of carbonyl (C=O) groups is 2. The van der Waals surface area contributed by atoms with Crippen LogP contribution in [0.2, 0.25) is 5.02 Å². The topological polar surface area (TPSA) is 74.6 Å². The van der Waals surface area contributed by atoms with Gasteiger partial charge in [0.05, 0.1) is 6.26 Å². The first-order valence-corrected chi connectivity index (χ1v) is 9.07. The van der Waals surface area contributed by atoms with E-state index in [0.29, 0.717) is 23.8 Å². The Balaban J connectivity index is 1.49. The molecule has 0 atom stereocenters. The van der Waals surface area contributed by atoms with E-state index >= 15 is 0 Å². The predicted molar refractivity (Wildman–Crippen MR) is 108 cm³/mol. The molecule has 0 aliphatic rings. The van der Waals surface area contributed by atoms with Gasteiger partial charge in [-0.25, -0.2) is 4.79 Å². The molecule has 3 amide bonds. The molecule has 144 valence electrons. The Kier molecular flexibility index (Phi) is 6.34. The van der Waals surface area contributed by atoms with Crippen LogP contribution in [-0.4, -0.2) is 23.9 Å². The van der Waals surface area contributed by atoms with Crippen molar-refractivity contribution < 1.29 is 14.0 Å². The second kappa shape index (κ2) is 9.10. The Bertz CT molecular complexity index is 940. The van der Waals surface area contributed by atoms with E-state index in [2.05, 4.69) is 10.6 Å². The second-order valence-corrected chi connectivity index (χ2v) is 6.64. The maximum Gasteiger partial charge on any atom is 0.317 e. The van der Waals surface area contributed by atoms with Crippen LogP contribution < -0.4 is 10.6 Å². The van der Waals surface area contributed by atoms with Crippen LogP contribution in [0.15, 0.2) is 71.3 Å². The van der Waals surface area contributed by atoms with Gasteiger partial charge in [-0.15, -0.1) is 0 Å². The summed E-state index contributed by atoms with van der Waals surface area (Å²) in [6, 6.07) is 17.7. The average Bonchev–Trinajstić information content (AvgIpc) is 3.24. The number of halogens is 1. The second-order valence-electron chi connectivity index (χ2n) is 6.23. The molecule has 0 fully saturated rings. The number of hydrogen-bond donors (Lipinski definition) is 2. The Morgan fingerprint density at radius 2 is 1.79 bits per heavy atom. The summed E-state index contributed by atoms with van der Waals surface area (Å²) in [7, 11) is 1.71. The zero-order chi connectivity index (χ0) is 19.9. The van der Waals surface area contributed by atoms with E-state index in [1.807, 2.05) is 30.3 Å². The molecule has 2 aromatic carbocycles. The molecule has 0 saturated heterocycles. The lowest BCUT2D eigenvalue weighted by molar-refractivity contribution is 0.0996. The zero-order valence-corrected chi connectivity index (χ0v) is 16.1. The van der Waals surface area contributed by atoms with Gasteiger partial charge in [-0.2, -0.15) is 0 Å². The third-order valence-electron chi connectivity index (χ3n) is 4.11. The van der Waals surface area contributed by atoms with Gasteiger partial charge in [-0.3, -0.25) is 4.79 Å². The summed E-state index contributed by atoms with van der Waals surface area (Å²) in [5.74, 6) is -0.0647. The summed E-state index contributed by atoms with van der Waals surface area (Å²) in [5.41, 5.74) is 2.45. The van der Waals surface area contributed by atoms with E-state index in [4.69, 9.17) is 16.0 Å². The Hall–Kier alpha value is -3.25. The van der Waals surface area contributed by atoms with Gasteiger partial charge in [0.15, 0.2) is 5.76 Å². The fourth-order valence-corrected chi connectivity index (χ4v) is 2.77. The van der Waals surface area contributed by atoms with E-state index < -0.39 is 0 Å². The van der Waals surface area contributed by atoms with Crippen LogP contribution in [0.4, 0.5) is 10.5 Å². The highest BCUT2D eigenvalue weighted by molar-refractivity contribution is 6.31. The monoisotopic (exact) mass is 397 g/mol. The SMILES string of the molecule is CN(Cc1ccccc1Cl)C(=O)NCc1ccc(NC(=O)c2ccco2)cc1. The maximum absolute atomic E-state index is 12.3. The number of hydrogen-bond acceptors (Lipinski definition) is 3. The number of amides is 3. The highest BCUT2D eigenvalue weighted by Crippen LogP contribution is 2.16. The Morgan fingerprint density at radius 3 is 2.46 bits per heavy atom. The van der Waals surface area contributed by atoms with Gasteiger partial charge in [0, 0.05) is 30.8 Å². The van der Waals surface area contributed by atoms with Gasteiger partial charge in [-0.05, 0) is 41.5 Å². The van der Waals surface area contributed by atoms with Crippen LogP contribution in [0, 0.1) is 0 Å². The van der Waals surface area contributed by atoms with Crippen LogP contribution in [0.3, 0.4) is 0 Å². The van der Waals surface area contributed by atoms with E-state index in [-0.39, 0.29) is 17.7 Å². The van der Waals surface area contributed by atoms with Crippen molar-refractivity contribution in [2.45, 2.75) is 13.1 Å². The minimum atomic E-state index is -0.313. The highest BCUT2D eigenvalue weighted by atomic mass is 35.5. The first kappa shape index (κ1) is 19.5. The summed E-state index contributed by atoms with van der Waals surface area (Å²) < 4.78 is 5.06. The molecule has 7 heteroatoms. The first-order valence-electron chi connectivity index (χ1n) is 8.69. The Morgan fingerprint density at radius 1 is 1.04 bits per heavy atom. The van der Waals surface area contributed by atoms with Gasteiger partial charge < -0.3 is 20.0 Å². The summed E-state index contributed by atoms with van der Waals surface area (Å²) in [6.07, 6.45) is 1.45. The Labute approximate surface area is 168 Å². The van der Waals surface area contributed by atoms with Crippen molar-refractivity contribution in [3.05, 3.63) is 88.8 Å². The van der Waals surface area contributed by atoms with Crippen molar-refractivity contribution in [3.8, 4) is 0 Å². The smallest absolute Gasteiger partial charge is 0.317 e. The molecule has 0 aliphatic carbocycles. The molecule has 28 heavy (non-hydrogen) atoms. The van der Waals surface area contributed by atoms with Crippen molar-refractivity contribution in [2.24, 2.45) is 0 Å². The molecule has 0 radical (unpaired) electrons. The molecule has 0 bridgehead atoms. The van der Waals surface area contributed by atoms with E-state index in [9.17, 15) is 9.59 Å². The molecule has 0 unspecified atom stereocenters. The molecule has 0 aliphatic heterocycles. The van der Waals surface area contributed by atoms with Gasteiger partial charge in [0.1, 0.15) is 0 Å². The summed E-state index contributed by atoms with van der Waals surface area (Å²) in [6.45, 7) is 0.793. The molecule has 6 nitrogen and oxygen atoms in total. The molecule has 1 heterocycles. The van der Waals surface area contributed by atoms with Crippen molar-refractivity contribution in [2.75, 3.05) is 12.4 Å². The van der Waals surface area contributed by atoms with Crippen LogP contribution in [0.5, 0.6) is 0 Å². The first-order chi connectivity index (χ1) is 13.5. The highest BCUT2D eigenvalue weighted by Gasteiger charge is 2.11. The standard InChI is InChI=1S/C21H20ClN3O3/c1-25(14-16-5-2-3-6-18(16)22)21(27)23-13-15-8-10-17(11-9-15)24-20(26)19-7-4-12-28-19/h2-12H,13-14H2,1H3,(H,23,27)(H,24,26). The number of urea groups is 1. The lowest BCUT2D eigenvalue weighted by atomic mass is 10.2. The van der Waals surface area contributed by atoms with Crippen molar-refractivity contribution in [3.63, 3.8) is 0 Å². The van der Waals surface area contributed by atoms with Crippen LogP contribution in [-0.2, 0) is 13.1 Å². The number of nitrogens with one attached hydrogen (secondary N) is 2. The number of nitrogens with zero attached hydrogens (tertiary/aromatic N) is 1. The summed E-state index contributed by atoms with van der Waals surface area (Å²) >= 11 is 6.14. The molecule has 3 rings (SSSR count). The van der Waals surface area contributed by atoms with Gasteiger partial charge >= 0.3 is 6.03 Å². The molecule has 2 N–H and O–H groups in total. The molecule has 3 aromatic rings. The fourth-order valence-electron chi connectivity index (χ4n) is 2.57. The number of furan rings is 1. The number of rotatable bonds is 6. The van der Waals surface area contributed by atoms with Gasteiger partial charge in [-0.1, -0.05) is 41.9 Å². The zero-order valence-electron chi connectivity index (χ0n) is 15.3. The molecular formula is C21H20ClN3O3. The number of benzene rings is 2.